The second-order valence-corrected chi connectivity index (χ2v) is 8.87. The predicted octanol–water partition coefficient (Wildman–Crippen LogP) is 4.57. The summed E-state index contributed by atoms with van der Waals surface area (Å²) in [4.78, 5) is 23.4. The van der Waals surface area contributed by atoms with Gasteiger partial charge in [-0.3, -0.25) is 14.7 Å². The molecule has 0 aliphatic carbocycles. The third-order valence-corrected chi connectivity index (χ3v) is 6.63. The molecule has 3 aromatic rings. The Hall–Kier alpha value is -3.38. The summed E-state index contributed by atoms with van der Waals surface area (Å²) in [6.45, 7) is 12.4. The van der Waals surface area contributed by atoms with Crippen LogP contribution in [0.2, 0.25) is 0 Å². The van der Waals surface area contributed by atoms with Crippen LogP contribution in [0.5, 0.6) is 5.75 Å². The number of carbonyl (C=O) groups excluding carboxylic acids is 1. The van der Waals surface area contributed by atoms with Crippen molar-refractivity contribution in [3.05, 3.63) is 77.6 Å². The third-order valence-electron chi connectivity index (χ3n) is 6.63. The van der Waals surface area contributed by atoms with Crippen molar-refractivity contribution in [2.75, 3.05) is 44.2 Å². The van der Waals surface area contributed by atoms with Gasteiger partial charge in [0.15, 0.2) is 0 Å². The molecule has 2 aromatic carbocycles. The largest absolute Gasteiger partial charge is 0.506 e. The van der Waals surface area contributed by atoms with Crippen molar-refractivity contribution in [2.45, 2.75) is 27.3 Å². The maximum absolute atomic E-state index is 12.5. The third kappa shape index (κ3) is 5.39. The van der Waals surface area contributed by atoms with Gasteiger partial charge in [-0.05, 0) is 67.8 Å². The molecule has 0 atom stereocenters. The summed E-state index contributed by atoms with van der Waals surface area (Å²) in [5.74, 6) is 0.284. The minimum Gasteiger partial charge on any atom is -0.506 e. The summed E-state index contributed by atoms with van der Waals surface area (Å²) >= 11 is 0. The second kappa shape index (κ2) is 10.7. The van der Waals surface area contributed by atoms with Crippen molar-refractivity contribution in [3.8, 4) is 16.9 Å². The van der Waals surface area contributed by atoms with E-state index in [4.69, 9.17) is 0 Å². The molecule has 34 heavy (non-hydrogen) atoms. The highest BCUT2D eigenvalue weighted by molar-refractivity contribution is 5.94. The number of amides is 1. The molecule has 0 saturated carbocycles. The molecule has 178 valence electrons. The highest BCUT2D eigenvalue weighted by Crippen LogP contribution is 2.27. The van der Waals surface area contributed by atoms with Crippen LogP contribution >= 0.6 is 0 Å². The van der Waals surface area contributed by atoms with Gasteiger partial charge >= 0.3 is 0 Å². The highest BCUT2D eigenvalue weighted by atomic mass is 16.3. The number of aromatic nitrogens is 1. The molecule has 0 unspecified atom stereocenters. The van der Waals surface area contributed by atoms with E-state index in [2.05, 4.69) is 52.0 Å². The van der Waals surface area contributed by atoms with E-state index < -0.39 is 0 Å². The van der Waals surface area contributed by atoms with Crippen LogP contribution < -0.4 is 4.90 Å². The molecule has 4 rings (SSSR count). The zero-order chi connectivity index (χ0) is 24.1. The predicted molar refractivity (Wildman–Crippen MR) is 137 cm³/mol. The Bertz CT molecular complexity index is 1120. The monoisotopic (exact) mass is 458 g/mol. The Labute approximate surface area is 202 Å². The summed E-state index contributed by atoms with van der Waals surface area (Å²) in [5.41, 5.74) is 6.44. The lowest BCUT2D eigenvalue weighted by Gasteiger charge is -2.36. The lowest BCUT2D eigenvalue weighted by molar-refractivity contribution is 0.0773. The number of pyridine rings is 1. The Morgan fingerprint density at radius 1 is 0.971 bits per heavy atom. The molecule has 0 bridgehead atoms. The number of aromatic hydroxyl groups is 1. The van der Waals surface area contributed by atoms with Gasteiger partial charge in [0.25, 0.3) is 5.91 Å². The first-order valence-corrected chi connectivity index (χ1v) is 12.1. The van der Waals surface area contributed by atoms with Crippen LogP contribution in [0, 0.1) is 6.92 Å². The molecule has 6 heteroatoms. The fourth-order valence-corrected chi connectivity index (χ4v) is 4.65. The molecule has 1 amide bonds. The zero-order valence-electron chi connectivity index (χ0n) is 20.4. The average Bonchev–Trinajstić information content (AvgIpc) is 2.85. The van der Waals surface area contributed by atoms with Crippen LogP contribution in [0.4, 0.5) is 5.69 Å². The molecule has 1 aliphatic heterocycles. The van der Waals surface area contributed by atoms with Crippen LogP contribution in [-0.4, -0.2) is 65.1 Å². The first kappa shape index (κ1) is 23.8. The van der Waals surface area contributed by atoms with Gasteiger partial charge in [0.05, 0.1) is 6.20 Å². The number of aryl methyl sites for hydroxylation is 1. The van der Waals surface area contributed by atoms with Gasteiger partial charge < -0.3 is 14.9 Å². The summed E-state index contributed by atoms with van der Waals surface area (Å²) in [5, 5.41) is 9.73. The summed E-state index contributed by atoms with van der Waals surface area (Å²) < 4.78 is 0. The lowest BCUT2D eigenvalue weighted by Crippen LogP contribution is -2.46. The minimum absolute atomic E-state index is 0.100. The van der Waals surface area contributed by atoms with Gasteiger partial charge in [-0.2, -0.15) is 0 Å². The van der Waals surface area contributed by atoms with Crippen LogP contribution in [0.3, 0.4) is 0 Å². The van der Waals surface area contributed by atoms with E-state index >= 15 is 0 Å². The number of benzene rings is 2. The molecule has 0 spiro atoms. The van der Waals surface area contributed by atoms with E-state index in [0.717, 1.165) is 62.5 Å². The minimum atomic E-state index is 0.100. The van der Waals surface area contributed by atoms with Gasteiger partial charge in [0, 0.05) is 68.8 Å². The fraction of sp³-hybridized carbons (Fsp3) is 0.357. The van der Waals surface area contributed by atoms with Crippen molar-refractivity contribution in [3.63, 3.8) is 0 Å². The first-order chi connectivity index (χ1) is 16.5. The molecule has 1 N–H and O–H groups in total. The number of rotatable bonds is 7. The smallest absolute Gasteiger partial charge is 0.253 e. The van der Waals surface area contributed by atoms with Gasteiger partial charge in [-0.15, -0.1) is 0 Å². The average molecular weight is 459 g/mol. The number of anilines is 1. The van der Waals surface area contributed by atoms with Crippen molar-refractivity contribution in [1.82, 2.24) is 14.8 Å². The molecule has 6 nitrogen and oxygen atoms in total. The van der Waals surface area contributed by atoms with Crippen LogP contribution in [0.25, 0.3) is 11.1 Å². The van der Waals surface area contributed by atoms with Crippen LogP contribution in [-0.2, 0) is 6.54 Å². The number of nitrogens with zero attached hydrogens (tertiary/aromatic N) is 4. The molecule has 2 heterocycles. The normalized spacial score (nSPS) is 14.3. The quantitative estimate of drug-likeness (QED) is 0.562. The Morgan fingerprint density at radius 2 is 1.68 bits per heavy atom. The van der Waals surface area contributed by atoms with E-state index in [1.54, 1.807) is 12.3 Å². The molecular formula is C28H34N4O2. The van der Waals surface area contributed by atoms with Crippen molar-refractivity contribution in [1.29, 1.82) is 0 Å². The number of piperazine rings is 1. The topological polar surface area (TPSA) is 59.9 Å². The molecule has 1 saturated heterocycles. The van der Waals surface area contributed by atoms with Crippen molar-refractivity contribution < 1.29 is 9.90 Å². The van der Waals surface area contributed by atoms with Gasteiger partial charge in [0.2, 0.25) is 0 Å². The van der Waals surface area contributed by atoms with E-state index in [1.165, 1.54) is 23.0 Å². The van der Waals surface area contributed by atoms with Crippen molar-refractivity contribution >= 4 is 11.6 Å². The standard InChI is InChI=1S/C28H34N4O2/c1-4-31(5-2)28(34)23-7-9-25(10-8-23)32-14-12-30(13-15-32)20-22-6-11-27(21(3)16-22)24-17-26(33)19-29-18-24/h6-11,16-19,33H,4-5,12-15,20H2,1-3H3. The molecule has 0 radical (unpaired) electrons. The van der Waals surface area contributed by atoms with E-state index in [0.29, 0.717) is 0 Å². The summed E-state index contributed by atoms with van der Waals surface area (Å²) in [6.07, 6.45) is 3.24. The van der Waals surface area contributed by atoms with E-state index in [9.17, 15) is 9.90 Å². The molecule has 1 fully saturated rings. The summed E-state index contributed by atoms with van der Waals surface area (Å²) in [7, 11) is 0. The molecule has 1 aromatic heterocycles. The first-order valence-electron chi connectivity index (χ1n) is 12.1. The van der Waals surface area contributed by atoms with Gasteiger partial charge in [-0.25, -0.2) is 0 Å². The van der Waals surface area contributed by atoms with Crippen LogP contribution in [0.1, 0.15) is 35.3 Å². The Kier molecular flexibility index (Phi) is 7.48. The molecular weight excluding hydrogens is 424 g/mol. The van der Waals surface area contributed by atoms with E-state index in [-0.39, 0.29) is 11.7 Å². The SMILES string of the molecule is CCN(CC)C(=O)c1ccc(N2CCN(Cc3ccc(-c4cncc(O)c4)c(C)c3)CC2)cc1. The number of hydrogen-bond donors (Lipinski definition) is 1. The maximum atomic E-state index is 12.5. The van der Waals surface area contributed by atoms with Gasteiger partial charge in [-0.1, -0.05) is 18.2 Å². The number of hydrogen-bond acceptors (Lipinski definition) is 5. The zero-order valence-corrected chi connectivity index (χ0v) is 20.4. The maximum Gasteiger partial charge on any atom is 0.253 e. The molecule has 1 aliphatic rings. The highest BCUT2D eigenvalue weighted by Gasteiger charge is 2.19. The van der Waals surface area contributed by atoms with Gasteiger partial charge in [0.1, 0.15) is 5.75 Å². The van der Waals surface area contributed by atoms with Crippen LogP contribution in [0.15, 0.2) is 60.9 Å². The van der Waals surface area contributed by atoms with E-state index in [1.807, 2.05) is 30.9 Å². The lowest BCUT2D eigenvalue weighted by atomic mass is 9.99. The number of carbonyl (C=O) groups is 1. The second-order valence-electron chi connectivity index (χ2n) is 8.87. The Morgan fingerprint density at radius 3 is 2.29 bits per heavy atom. The van der Waals surface area contributed by atoms with Crippen molar-refractivity contribution in [2.24, 2.45) is 0 Å². The summed E-state index contributed by atoms with van der Waals surface area (Å²) in [6, 6.07) is 16.3. The fourth-order valence-electron chi connectivity index (χ4n) is 4.65. The Balaban J connectivity index is 1.33.